The lowest BCUT2D eigenvalue weighted by molar-refractivity contribution is -0.891. The summed E-state index contributed by atoms with van der Waals surface area (Å²) >= 11 is 0. The van der Waals surface area contributed by atoms with E-state index in [4.69, 9.17) is 37.9 Å². The van der Waals surface area contributed by atoms with Gasteiger partial charge in [0.25, 0.3) is 0 Å². The summed E-state index contributed by atoms with van der Waals surface area (Å²) in [7, 11) is 4.29. The van der Waals surface area contributed by atoms with Gasteiger partial charge in [-0.15, -0.1) is 0 Å². The summed E-state index contributed by atoms with van der Waals surface area (Å²) in [6.45, 7) is 11.9. The van der Waals surface area contributed by atoms with Crippen LogP contribution in [0.25, 0.3) is 0 Å². The minimum absolute atomic E-state index is 0. The van der Waals surface area contributed by atoms with E-state index in [1.165, 1.54) is 0 Å². The fourth-order valence-corrected chi connectivity index (χ4v) is 2.45. The second-order valence-corrected chi connectivity index (χ2v) is 8.21. The molecule has 0 rings (SSSR count). The molecular weight excluding hydrogens is 510 g/mol. The van der Waals surface area contributed by atoms with Crippen LogP contribution in [-0.2, 0) is 47.5 Å². The van der Waals surface area contributed by atoms with Gasteiger partial charge < -0.3 is 42.4 Å². The van der Waals surface area contributed by atoms with Crippen LogP contribution in [0.5, 0.6) is 0 Å². The predicted molar refractivity (Wildman–Crippen MR) is 156 cm³/mol. The molecule has 0 N–H and O–H groups in total. The summed E-state index contributed by atoms with van der Waals surface area (Å²) in [5.74, 6) is -0.434. The summed E-state index contributed by atoms with van der Waals surface area (Å²) in [5, 5.41) is 0. The average Bonchev–Trinajstić information content (AvgIpc) is 2.84. The van der Waals surface area contributed by atoms with Crippen molar-refractivity contribution in [3.8, 4) is 0 Å². The van der Waals surface area contributed by atoms with Crippen LogP contribution < -0.4 is 0 Å². The minimum Gasteiger partial charge on any atom is -0.463 e. The van der Waals surface area contributed by atoms with Gasteiger partial charge in [-0.25, -0.2) is 0 Å². The normalized spacial score (nSPS) is 10.4. The van der Waals surface area contributed by atoms with E-state index in [0.717, 1.165) is 17.6 Å². The van der Waals surface area contributed by atoms with Gasteiger partial charge in [-0.2, -0.15) is 0 Å². The lowest BCUT2D eigenvalue weighted by Crippen LogP contribution is -2.44. The molecule has 240 valence electrons. The van der Waals surface area contributed by atoms with E-state index in [-0.39, 0.29) is 54.9 Å². The summed E-state index contributed by atoms with van der Waals surface area (Å²) in [4.78, 5) is 21.9. The molecule has 0 aromatic carbocycles. The van der Waals surface area contributed by atoms with Crippen molar-refractivity contribution >= 4 is 11.9 Å². The molecule has 0 saturated carbocycles. The highest BCUT2D eigenvalue weighted by molar-refractivity contribution is 5.69. The third-order valence-corrected chi connectivity index (χ3v) is 4.73. The number of nitrogens with zero attached hydrogens (tertiary/aromatic N) is 1. The van der Waals surface area contributed by atoms with Gasteiger partial charge in [0.1, 0.15) is 26.3 Å². The zero-order valence-electron chi connectivity index (χ0n) is 22.3. The Hall–Kier alpha value is -1.34. The van der Waals surface area contributed by atoms with E-state index in [9.17, 15) is 9.59 Å². The molecule has 0 heterocycles. The van der Waals surface area contributed by atoms with Gasteiger partial charge in [-0.1, -0.05) is 43.6 Å². The Bertz CT molecular complexity index is 465. The first-order valence-electron chi connectivity index (χ1n) is 12.5. The van der Waals surface area contributed by atoms with E-state index in [1.807, 2.05) is 0 Å². The highest BCUT2D eigenvalue weighted by atomic mass is 16.6. The van der Waals surface area contributed by atoms with Crippen molar-refractivity contribution in [2.75, 3.05) is 120 Å². The van der Waals surface area contributed by atoms with Gasteiger partial charge in [-0.3, -0.25) is 9.59 Å². The van der Waals surface area contributed by atoms with E-state index in [1.54, 1.807) is 13.8 Å². The largest absolute Gasteiger partial charge is 0.463 e. The molecule has 0 bridgehead atoms. The Morgan fingerprint density at radius 3 is 0.923 bits per heavy atom. The number of quaternary nitrogens is 1. The van der Waals surface area contributed by atoms with E-state index in [0.29, 0.717) is 92.1 Å². The molecule has 0 aliphatic heterocycles. The van der Waals surface area contributed by atoms with Crippen molar-refractivity contribution in [2.45, 2.75) is 56.4 Å². The van der Waals surface area contributed by atoms with Gasteiger partial charge in [0.15, 0.2) is 0 Å². The zero-order chi connectivity index (χ0) is 26.0. The van der Waals surface area contributed by atoms with Crippen LogP contribution in [0.3, 0.4) is 0 Å². The van der Waals surface area contributed by atoms with Gasteiger partial charge in [-0.05, 0) is 0 Å². The second kappa shape index (κ2) is 34.7. The number of hydrogen-bond donors (Lipinski definition) is 0. The van der Waals surface area contributed by atoms with E-state index >= 15 is 0 Å². The predicted octanol–water partition coefficient (Wildman–Crippen LogP) is 3.61. The monoisotopic (exact) mass is 574 g/mol. The lowest BCUT2D eigenvalue weighted by atomic mass is 10.4. The number of ether oxygens (including phenoxy) is 8. The fourth-order valence-electron chi connectivity index (χ4n) is 2.45. The molecule has 0 aromatic rings. The van der Waals surface area contributed by atoms with Crippen LogP contribution in [0.15, 0.2) is 0 Å². The van der Waals surface area contributed by atoms with E-state index < -0.39 is 0 Å². The first kappa shape index (κ1) is 47.4. The van der Waals surface area contributed by atoms with Crippen molar-refractivity contribution < 1.29 is 52.0 Å². The van der Waals surface area contributed by atoms with Gasteiger partial charge >= 0.3 is 11.9 Å². The lowest BCUT2D eigenvalue weighted by Gasteiger charge is -2.29. The highest BCUT2D eigenvalue weighted by Crippen LogP contribution is 1.97. The second-order valence-electron chi connectivity index (χ2n) is 8.21. The number of carbonyl (C=O) groups is 2. The third kappa shape index (κ3) is 36.7. The van der Waals surface area contributed by atoms with Crippen LogP contribution >= 0.6 is 0 Å². The first-order valence-corrected chi connectivity index (χ1v) is 12.5. The Morgan fingerprint density at radius 2 is 0.667 bits per heavy atom. The molecule has 0 aliphatic rings. The Kier molecular flexibility index (Phi) is 42.2. The molecule has 0 fully saturated rings. The summed E-state index contributed by atoms with van der Waals surface area (Å²) in [5.41, 5.74) is 0. The summed E-state index contributed by atoms with van der Waals surface area (Å²) in [6, 6.07) is 0. The average molecular weight is 575 g/mol. The van der Waals surface area contributed by atoms with Crippen LogP contribution in [0, 0.1) is 0 Å². The first-order chi connectivity index (χ1) is 16.9. The van der Waals surface area contributed by atoms with Crippen molar-refractivity contribution in [3.63, 3.8) is 0 Å². The maximum Gasteiger partial charge on any atom is 0.305 e. The maximum absolute atomic E-state index is 11.0. The van der Waals surface area contributed by atoms with Crippen molar-refractivity contribution in [2.24, 2.45) is 0 Å². The van der Waals surface area contributed by atoms with Crippen molar-refractivity contribution in [1.29, 1.82) is 0 Å². The van der Waals surface area contributed by atoms with Gasteiger partial charge in [0.2, 0.25) is 0 Å². The maximum atomic E-state index is 11.0. The highest BCUT2D eigenvalue weighted by Gasteiger charge is 2.14. The van der Waals surface area contributed by atoms with Gasteiger partial charge in [0.05, 0.1) is 93.4 Å². The molecule has 39 heavy (non-hydrogen) atoms. The third-order valence-electron chi connectivity index (χ3n) is 4.73. The summed E-state index contributed by atoms with van der Waals surface area (Å²) in [6.07, 6.45) is 0.755. The Labute approximate surface area is 240 Å². The smallest absolute Gasteiger partial charge is 0.305 e. The zero-order valence-corrected chi connectivity index (χ0v) is 22.3. The molecule has 0 unspecified atom stereocenters. The molecule has 0 aromatic heterocycles. The van der Waals surface area contributed by atoms with Crippen LogP contribution in [0.1, 0.15) is 56.4 Å². The number of carbonyl (C=O) groups excluding carboxylic acids is 2. The number of likely N-dealkylation sites (N-methyl/N-ethyl adjacent to an activating group) is 1. The molecular formula is C28H64NO10+. The molecule has 0 amide bonds. The van der Waals surface area contributed by atoms with Crippen molar-refractivity contribution in [1.82, 2.24) is 0 Å². The van der Waals surface area contributed by atoms with E-state index in [2.05, 4.69) is 14.1 Å². The Balaban J connectivity index is -0.000000963. The Morgan fingerprint density at radius 1 is 0.436 bits per heavy atom. The molecule has 0 aliphatic carbocycles. The van der Waals surface area contributed by atoms with Gasteiger partial charge in [0, 0.05) is 12.8 Å². The minimum atomic E-state index is -0.217. The summed E-state index contributed by atoms with van der Waals surface area (Å²) < 4.78 is 43.4. The fraction of sp³-hybridized carbons (Fsp3) is 0.929. The number of rotatable bonds is 26. The topological polar surface area (TPSA) is 108 Å². The SMILES string of the molecule is C.C.C.C.CCC(=O)OCCOCCOCCOCC[N+](C)(C)CCOCCOCCOCCOC(=O)CC. The van der Waals surface area contributed by atoms with Crippen LogP contribution in [0.2, 0.25) is 0 Å². The molecule has 11 nitrogen and oxygen atoms in total. The molecule has 0 spiro atoms. The van der Waals surface area contributed by atoms with Crippen molar-refractivity contribution in [3.05, 3.63) is 0 Å². The molecule has 11 heteroatoms. The number of esters is 2. The number of hydrogen-bond acceptors (Lipinski definition) is 10. The molecule has 0 radical (unpaired) electrons. The van der Waals surface area contributed by atoms with Crippen LogP contribution in [-0.4, -0.2) is 136 Å². The molecule has 0 saturated heterocycles. The standard InChI is InChI=1S/C24H48NO10.4CH4/c1-5-23(26)34-21-19-32-17-15-30-13-11-28-9-7-25(3,4)8-10-29-12-14-31-16-18-33-20-22-35-24(27)6-2;;;;/h5-22H2,1-4H3;4*1H4/q+1;;;;. The quantitative estimate of drug-likeness (QED) is 0.0864. The van der Waals surface area contributed by atoms with Crippen LogP contribution in [0.4, 0.5) is 0 Å². The molecule has 0 atom stereocenters.